The average molecular weight is 669 g/mol. The van der Waals surface area contributed by atoms with Crippen molar-refractivity contribution in [3.8, 4) is 0 Å². The van der Waals surface area contributed by atoms with Gasteiger partial charge in [0.2, 0.25) is 0 Å². The summed E-state index contributed by atoms with van der Waals surface area (Å²) in [6.07, 6.45) is 7.37. The van der Waals surface area contributed by atoms with Crippen molar-refractivity contribution in [2.24, 2.45) is 10.4 Å². The molecule has 0 saturated carbocycles. The highest BCUT2D eigenvalue weighted by molar-refractivity contribution is 6.09. The number of carbonyl (C=O) groups excluding carboxylic acids is 1. The van der Waals surface area contributed by atoms with Crippen molar-refractivity contribution in [1.29, 1.82) is 10.8 Å². The summed E-state index contributed by atoms with van der Waals surface area (Å²) in [4.78, 5) is 24.4. The lowest BCUT2D eigenvalue weighted by Crippen LogP contribution is -2.45. The molecule has 5 rings (SSSR count). The number of rotatable bonds is 9. The third-order valence-corrected chi connectivity index (χ3v) is 9.18. The van der Waals surface area contributed by atoms with Crippen molar-refractivity contribution in [2.75, 3.05) is 53.0 Å². The number of amidine groups is 1. The lowest BCUT2D eigenvalue weighted by Gasteiger charge is -2.35. The first-order valence-corrected chi connectivity index (χ1v) is 17.3. The molecule has 262 valence electrons. The van der Waals surface area contributed by atoms with E-state index in [1.807, 2.05) is 105 Å². The smallest absolute Gasteiger partial charge is 0.320 e. The molecule has 49 heavy (non-hydrogen) atoms. The van der Waals surface area contributed by atoms with E-state index in [0.717, 1.165) is 61.8 Å². The number of nitrogens with zero attached hydrogens (tertiary/aromatic N) is 4. The van der Waals surface area contributed by atoms with E-state index in [1.54, 1.807) is 0 Å². The first-order valence-electron chi connectivity index (χ1n) is 17.3. The normalized spacial score (nSPS) is 19.8. The van der Waals surface area contributed by atoms with Gasteiger partial charge in [-0.1, -0.05) is 68.8 Å². The zero-order valence-electron chi connectivity index (χ0n) is 29.6. The lowest BCUT2D eigenvalue weighted by atomic mass is 9.85. The van der Waals surface area contributed by atoms with Gasteiger partial charge in [0, 0.05) is 58.1 Å². The van der Waals surface area contributed by atoms with E-state index in [1.165, 1.54) is 0 Å². The van der Waals surface area contributed by atoms with Gasteiger partial charge in [0.05, 0.1) is 24.9 Å². The number of hydrogen-bond donors (Lipinski definition) is 4. The molecule has 2 atom stereocenters. The third-order valence-electron chi connectivity index (χ3n) is 9.18. The molecule has 2 aromatic rings. The number of fused-ring (bicyclic) bond motifs is 1. The number of guanidine groups is 1. The molecule has 1 fully saturated rings. The summed E-state index contributed by atoms with van der Waals surface area (Å²) >= 11 is 0. The maximum Gasteiger partial charge on any atom is 0.320 e. The van der Waals surface area contributed by atoms with Crippen molar-refractivity contribution in [3.05, 3.63) is 89.3 Å². The molecule has 2 amide bonds. The maximum absolute atomic E-state index is 13.4. The molecule has 0 spiro atoms. The number of urea groups is 1. The second-order valence-corrected chi connectivity index (χ2v) is 14.0. The van der Waals surface area contributed by atoms with Crippen LogP contribution >= 0.6 is 0 Å². The van der Waals surface area contributed by atoms with Crippen molar-refractivity contribution < 1.29 is 14.3 Å². The van der Waals surface area contributed by atoms with Gasteiger partial charge < -0.3 is 30.0 Å². The summed E-state index contributed by atoms with van der Waals surface area (Å²) < 4.78 is 12.0. The largest absolute Gasteiger partial charge is 0.484 e. The van der Waals surface area contributed by atoms with Gasteiger partial charge in [-0.15, -0.1) is 0 Å². The van der Waals surface area contributed by atoms with Gasteiger partial charge in [-0.25, -0.2) is 9.79 Å². The fraction of sp³-hybridized carbons (Fsp3) is 0.474. The molecule has 2 aromatic carbocycles. The Kier molecular flexibility index (Phi) is 11.9. The van der Waals surface area contributed by atoms with Crippen molar-refractivity contribution >= 4 is 29.2 Å². The zero-order valence-corrected chi connectivity index (χ0v) is 29.6. The van der Waals surface area contributed by atoms with Crippen LogP contribution in [0, 0.1) is 23.2 Å². The Morgan fingerprint density at radius 1 is 1.06 bits per heavy atom. The molecular weight excluding hydrogens is 616 g/mol. The number of aliphatic imine (C=N–C) groups is 1. The summed E-state index contributed by atoms with van der Waals surface area (Å²) in [5.74, 6) is 1.57. The zero-order chi connectivity index (χ0) is 35.0. The van der Waals surface area contributed by atoms with Gasteiger partial charge in [0.25, 0.3) is 0 Å². The molecule has 0 aromatic heterocycles. The molecule has 0 radical (unpaired) electrons. The second kappa shape index (κ2) is 16.3. The number of benzene rings is 2. The Morgan fingerprint density at radius 2 is 1.78 bits per heavy atom. The highest BCUT2D eigenvalue weighted by Gasteiger charge is 2.30. The summed E-state index contributed by atoms with van der Waals surface area (Å²) in [5, 5.41) is 23.6. The van der Waals surface area contributed by atoms with E-state index in [0.29, 0.717) is 42.7 Å². The Labute approximate surface area is 291 Å². The maximum atomic E-state index is 13.4. The fourth-order valence-corrected chi connectivity index (χ4v) is 6.02. The predicted octanol–water partition coefficient (Wildman–Crippen LogP) is 6.28. The number of carbonyl (C=O) groups is 1. The number of amides is 2. The van der Waals surface area contributed by atoms with Crippen LogP contribution in [0.3, 0.4) is 0 Å². The monoisotopic (exact) mass is 668 g/mol. The highest BCUT2D eigenvalue weighted by Crippen LogP contribution is 2.39. The number of allylic oxidation sites excluding steroid dienone is 1. The standard InChI is InChI=1S/C38H52N8O3/c1-27-12-14-28(15-13-27)41-35(25-34(39)38(2,3)4)43-37(47)42-32-16-17-33(31-11-7-6-10-30(31)32)49-29-9-8-18-46(26-29)36(40)44(5)19-20-45-21-23-48-24-22-45/h6-15,26,32-33,39-40H,16-25H2,1-5H3,(H2,41,42,43,47). The minimum absolute atomic E-state index is 0.188. The van der Waals surface area contributed by atoms with Gasteiger partial charge in [-0.3, -0.25) is 15.6 Å². The van der Waals surface area contributed by atoms with E-state index >= 15 is 0 Å². The van der Waals surface area contributed by atoms with Crippen molar-refractivity contribution in [1.82, 2.24) is 25.3 Å². The molecule has 4 N–H and O–H groups in total. The summed E-state index contributed by atoms with van der Waals surface area (Å²) in [6, 6.07) is 15.3. The number of morpholine rings is 1. The number of aryl methyl sites for hydroxylation is 1. The molecular formula is C38H52N8O3. The Hall–Kier alpha value is -4.48. The molecule has 2 heterocycles. The number of ether oxygens (including phenoxy) is 2. The van der Waals surface area contributed by atoms with Crippen LogP contribution in [-0.4, -0.2) is 91.2 Å². The molecule has 0 bridgehead atoms. The van der Waals surface area contributed by atoms with E-state index in [9.17, 15) is 4.79 Å². The summed E-state index contributed by atoms with van der Waals surface area (Å²) in [7, 11) is 1.96. The van der Waals surface area contributed by atoms with Crippen LogP contribution in [0.5, 0.6) is 0 Å². The van der Waals surface area contributed by atoms with Crippen LogP contribution < -0.4 is 10.6 Å². The van der Waals surface area contributed by atoms with Crippen LogP contribution in [0.15, 0.2) is 77.6 Å². The molecule has 2 aliphatic heterocycles. The quantitative estimate of drug-likeness (QED) is 0.184. The van der Waals surface area contributed by atoms with Crippen molar-refractivity contribution in [3.63, 3.8) is 0 Å². The first-order chi connectivity index (χ1) is 23.5. The first kappa shape index (κ1) is 35.8. The Bertz CT molecular complexity index is 1570. The fourth-order valence-electron chi connectivity index (χ4n) is 6.02. The molecule has 3 aliphatic rings. The molecule has 2 unspecified atom stereocenters. The van der Waals surface area contributed by atoms with Crippen LogP contribution in [0.1, 0.15) is 68.9 Å². The van der Waals surface area contributed by atoms with Crippen LogP contribution in [-0.2, 0) is 9.47 Å². The number of hydrogen-bond acceptors (Lipinski definition) is 7. The number of likely N-dealkylation sites (N-methyl/N-ethyl adjacent to an activating group) is 1. The lowest BCUT2D eigenvalue weighted by molar-refractivity contribution is 0.0362. The van der Waals surface area contributed by atoms with Gasteiger partial charge in [-0.2, -0.15) is 0 Å². The minimum Gasteiger partial charge on any atom is -0.484 e. The van der Waals surface area contributed by atoms with Crippen molar-refractivity contribution in [2.45, 2.75) is 59.1 Å². The topological polar surface area (TPSA) is 129 Å². The summed E-state index contributed by atoms with van der Waals surface area (Å²) in [5.41, 5.74) is 4.05. The van der Waals surface area contributed by atoms with Crippen LogP contribution in [0.25, 0.3) is 0 Å². The third kappa shape index (κ3) is 10.0. The van der Waals surface area contributed by atoms with Gasteiger partial charge in [0.1, 0.15) is 17.7 Å². The van der Waals surface area contributed by atoms with Crippen LogP contribution in [0.2, 0.25) is 0 Å². The summed E-state index contributed by atoms with van der Waals surface area (Å²) in [6.45, 7) is 13.7. The minimum atomic E-state index is -0.350. The van der Waals surface area contributed by atoms with E-state index in [-0.39, 0.29) is 30.0 Å². The molecule has 1 aliphatic carbocycles. The highest BCUT2D eigenvalue weighted by atomic mass is 16.5. The second-order valence-electron chi connectivity index (χ2n) is 14.0. The van der Waals surface area contributed by atoms with E-state index < -0.39 is 0 Å². The molecule has 1 saturated heterocycles. The van der Waals surface area contributed by atoms with Gasteiger partial charge >= 0.3 is 6.03 Å². The molecule has 11 nitrogen and oxygen atoms in total. The Morgan fingerprint density at radius 3 is 2.49 bits per heavy atom. The van der Waals surface area contributed by atoms with Gasteiger partial charge in [-0.05, 0) is 54.5 Å². The van der Waals surface area contributed by atoms with Gasteiger partial charge in [0.15, 0.2) is 5.96 Å². The van der Waals surface area contributed by atoms with E-state index in [4.69, 9.17) is 25.3 Å². The number of nitrogens with one attached hydrogen (secondary N) is 4. The van der Waals surface area contributed by atoms with E-state index in [2.05, 4.69) is 21.6 Å². The Balaban J connectivity index is 1.22. The average Bonchev–Trinajstić information content (AvgIpc) is 3.09. The van der Waals surface area contributed by atoms with Crippen LogP contribution in [0.4, 0.5) is 10.5 Å². The SMILES string of the molecule is Cc1ccc(N=C(CC(=N)C(C)(C)C)NC(=O)NC2CCC(OC3=CN(C(=N)N(C)CCN4CCOCC4)CC=C3)c3ccccc32)cc1. The predicted molar refractivity (Wildman–Crippen MR) is 196 cm³/mol. The molecule has 11 heteroatoms.